The highest BCUT2D eigenvalue weighted by atomic mass is 35.5. The molecule has 0 unspecified atom stereocenters. The number of carbonyl (C=O) groups excluding carboxylic acids is 1. The van der Waals surface area contributed by atoms with E-state index in [1.54, 1.807) is 24.3 Å². The Hall–Kier alpha value is -2.37. The summed E-state index contributed by atoms with van der Waals surface area (Å²) >= 11 is 12.0. The summed E-state index contributed by atoms with van der Waals surface area (Å²) in [6, 6.07) is 12.6. The molecule has 0 radical (unpaired) electrons. The standard InChI is InChI=1S/C21H19Cl2N3O3S/c22-17-8-7-15(20(23)12-17)11-16(14-24)21(27)25-18-5-4-6-19(13-18)30(28,29)26-9-2-1-3-10-26/h4-8,11-13H,1-3,9-10H2,(H,25,27)/b16-11+. The van der Waals surface area contributed by atoms with Crippen molar-refractivity contribution < 1.29 is 13.2 Å². The van der Waals surface area contributed by atoms with Gasteiger partial charge in [0, 0.05) is 28.8 Å². The first-order valence-electron chi connectivity index (χ1n) is 9.29. The van der Waals surface area contributed by atoms with Crippen molar-refractivity contribution in [1.82, 2.24) is 4.31 Å². The molecule has 156 valence electrons. The second kappa shape index (κ2) is 9.63. The van der Waals surface area contributed by atoms with E-state index in [1.165, 1.54) is 28.6 Å². The van der Waals surface area contributed by atoms with Gasteiger partial charge in [0.15, 0.2) is 0 Å². The number of anilines is 1. The van der Waals surface area contributed by atoms with Crippen molar-refractivity contribution in [3.05, 3.63) is 63.6 Å². The molecule has 1 saturated heterocycles. The van der Waals surface area contributed by atoms with Gasteiger partial charge in [0.2, 0.25) is 10.0 Å². The van der Waals surface area contributed by atoms with Crippen LogP contribution in [0.5, 0.6) is 0 Å². The molecule has 2 aromatic carbocycles. The second-order valence-electron chi connectivity index (χ2n) is 6.78. The Morgan fingerprint density at radius 2 is 1.83 bits per heavy atom. The van der Waals surface area contributed by atoms with Crippen molar-refractivity contribution in [2.24, 2.45) is 0 Å². The van der Waals surface area contributed by atoms with Gasteiger partial charge in [-0.1, -0.05) is 41.8 Å². The zero-order chi connectivity index (χ0) is 21.7. The number of nitrogens with one attached hydrogen (secondary N) is 1. The number of halogens is 2. The predicted molar refractivity (Wildman–Crippen MR) is 118 cm³/mol. The zero-order valence-electron chi connectivity index (χ0n) is 15.9. The Morgan fingerprint density at radius 3 is 2.50 bits per heavy atom. The lowest BCUT2D eigenvalue weighted by molar-refractivity contribution is -0.112. The van der Waals surface area contributed by atoms with Crippen LogP contribution in [-0.2, 0) is 14.8 Å². The molecule has 0 atom stereocenters. The second-order valence-corrected chi connectivity index (χ2v) is 9.56. The fraction of sp³-hybridized carbons (Fsp3) is 0.238. The van der Waals surface area contributed by atoms with Crippen molar-refractivity contribution >= 4 is 50.9 Å². The first-order valence-corrected chi connectivity index (χ1v) is 11.5. The van der Waals surface area contributed by atoms with Gasteiger partial charge in [-0.3, -0.25) is 4.79 Å². The van der Waals surface area contributed by atoms with E-state index in [0.29, 0.717) is 28.7 Å². The maximum absolute atomic E-state index is 12.8. The minimum absolute atomic E-state index is 0.102. The normalized spacial score (nSPS) is 15.4. The van der Waals surface area contributed by atoms with E-state index in [0.717, 1.165) is 19.3 Å². The van der Waals surface area contributed by atoms with Crippen LogP contribution in [0.15, 0.2) is 52.9 Å². The molecule has 0 bridgehead atoms. The number of rotatable bonds is 5. The number of carbonyl (C=O) groups is 1. The molecule has 1 aliphatic rings. The van der Waals surface area contributed by atoms with Crippen LogP contribution in [0.1, 0.15) is 24.8 Å². The summed E-state index contributed by atoms with van der Waals surface area (Å²) in [7, 11) is -3.63. The van der Waals surface area contributed by atoms with Crippen LogP contribution in [0.3, 0.4) is 0 Å². The van der Waals surface area contributed by atoms with E-state index in [2.05, 4.69) is 5.32 Å². The lowest BCUT2D eigenvalue weighted by atomic mass is 10.1. The van der Waals surface area contributed by atoms with Crippen molar-refractivity contribution in [3.8, 4) is 6.07 Å². The Balaban J connectivity index is 1.82. The van der Waals surface area contributed by atoms with Crippen molar-refractivity contribution in [2.75, 3.05) is 18.4 Å². The van der Waals surface area contributed by atoms with Gasteiger partial charge in [0.05, 0.1) is 4.90 Å². The molecule has 1 amide bonds. The Bertz CT molecular complexity index is 1130. The highest BCUT2D eigenvalue weighted by Gasteiger charge is 2.26. The van der Waals surface area contributed by atoms with Crippen LogP contribution in [0.25, 0.3) is 6.08 Å². The van der Waals surface area contributed by atoms with Gasteiger partial charge < -0.3 is 5.32 Å². The number of piperidine rings is 1. The molecule has 0 saturated carbocycles. The van der Waals surface area contributed by atoms with Crippen LogP contribution in [0.2, 0.25) is 10.0 Å². The molecular formula is C21H19Cl2N3O3S. The van der Waals surface area contributed by atoms with Gasteiger partial charge in [-0.15, -0.1) is 0 Å². The van der Waals surface area contributed by atoms with Gasteiger partial charge in [0.1, 0.15) is 11.6 Å². The molecule has 2 aromatic rings. The SMILES string of the molecule is N#C/C(=C\c1ccc(Cl)cc1Cl)C(=O)Nc1cccc(S(=O)(=O)N2CCCCC2)c1. The average Bonchev–Trinajstić information content (AvgIpc) is 2.74. The number of nitrogens with zero attached hydrogens (tertiary/aromatic N) is 2. The number of benzene rings is 2. The van der Waals surface area contributed by atoms with Crippen LogP contribution >= 0.6 is 23.2 Å². The molecule has 6 nitrogen and oxygen atoms in total. The fourth-order valence-corrected chi connectivity index (χ4v) is 5.14. The zero-order valence-corrected chi connectivity index (χ0v) is 18.3. The molecule has 0 aromatic heterocycles. The fourth-order valence-electron chi connectivity index (χ4n) is 3.11. The van der Waals surface area contributed by atoms with Gasteiger partial charge in [0.25, 0.3) is 5.91 Å². The molecule has 0 aliphatic carbocycles. The largest absolute Gasteiger partial charge is 0.321 e. The molecule has 0 spiro atoms. The first kappa shape index (κ1) is 22.3. The molecule has 1 N–H and O–H groups in total. The molecule has 1 fully saturated rings. The first-order chi connectivity index (χ1) is 14.3. The lowest BCUT2D eigenvalue weighted by Gasteiger charge is -2.26. The van der Waals surface area contributed by atoms with Crippen LogP contribution in [0, 0.1) is 11.3 Å². The van der Waals surface area contributed by atoms with E-state index in [4.69, 9.17) is 23.2 Å². The summed E-state index contributed by atoms with van der Waals surface area (Å²) in [5, 5.41) is 12.7. The molecular weight excluding hydrogens is 445 g/mol. The number of hydrogen-bond donors (Lipinski definition) is 1. The maximum atomic E-state index is 12.8. The smallest absolute Gasteiger partial charge is 0.266 e. The van der Waals surface area contributed by atoms with E-state index < -0.39 is 15.9 Å². The van der Waals surface area contributed by atoms with Crippen LogP contribution in [0.4, 0.5) is 5.69 Å². The minimum Gasteiger partial charge on any atom is -0.321 e. The van der Waals surface area contributed by atoms with Crippen molar-refractivity contribution in [2.45, 2.75) is 24.2 Å². The summed E-state index contributed by atoms with van der Waals surface area (Å²) < 4.78 is 27.1. The number of hydrogen-bond acceptors (Lipinski definition) is 4. The summed E-state index contributed by atoms with van der Waals surface area (Å²) in [6.07, 6.45) is 4.03. The Labute approximate surface area is 185 Å². The lowest BCUT2D eigenvalue weighted by Crippen LogP contribution is -2.35. The molecule has 3 rings (SSSR count). The summed E-state index contributed by atoms with van der Waals surface area (Å²) in [4.78, 5) is 12.7. The van der Waals surface area contributed by atoms with Gasteiger partial charge in [-0.25, -0.2) is 8.42 Å². The van der Waals surface area contributed by atoms with Crippen LogP contribution in [-0.4, -0.2) is 31.7 Å². The Kier molecular flexibility index (Phi) is 7.16. The molecule has 30 heavy (non-hydrogen) atoms. The predicted octanol–water partition coefficient (Wildman–Crippen LogP) is 4.71. The third-order valence-corrected chi connectivity index (χ3v) is 7.13. The van der Waals surface area contributed by atoms with Gasteiger partial charge >= 0.3 is 0 Å². The summed E-state index contributed by atoms with van der Waals surface area (Å²) in [6.45, 7) is 0.976. The summed E-state index contributed by atoms with van der Waals surface area (Å²) in [5.74, 6) is -0.670. The van der Waals surface area contributed by atoms with Gasteiger partial charge in [-0.2, -0.15) is 9.57 Å². The highest BCUT2D eigenvalue weighted by molar-refractivity contribution is 7.89. The van der Waals surface area contributed by atoms with Crippen molar-refractivity contribution in [3.63, 3.8) is 0 Å². The minimum atomic E-state index is -3.63. The number of nitriles is 1. The topological polar surface area (TPSA) is 90.3 Å². The molecule has 1 heterocycles. The van der Waals surface area contributed by atoms with E-state index in [9.17, 15) is 18.5 Å². The third-order valence-electron chi connectivity index (χ3n) is 4.67. The van der Waals surface area contributed by atoms with E-state index >= 15 is 0 Å². The number of amides is 1. The highest BCUT2D eigenvalue weighted by Crippen LogP contribution is 2.25. The van der Waals surface area contributed by atoms with Crippen molar-refractivity contribution in [1.29, 1.82) is 5.26 Å². The maximum Gasteiger partial charge on any atom is 0.266 e. The molecule has 1 aliphatic heterocycles. The molecule has 9 heteroatoms. The number of sulfonamides is 1. The quantitative estimate of drug-likeness (QED) is 0.513. The van der Waals surface area contributed by atoms with Crippen LogP contribution < -0.4 is 5.32 Å². The Morgan fingerprint density at radius 1 is 1.10 bits per heavy atom. The average molecular weight is 464 g/mol. The summed E-state index contributed by atoms with van der Waals surface area (Å²) in [5.41, 5.74) is 0.569. The van der Waals surface area contributed by atoms with E-state index in [-0.39, 0.29) is 16.2 Å². The van der Waals surface area contributed by atoms with E-state index in [1.807, 2.05) is 6.07 Å². The monoisotopic (exact) mass is 463 g/mol. The van der Waals surface area contributed by atoms with Gasteiger partial charge in [-0.05, 0) is 54.8 Å². The third kappa shape index (κ3) is 5.21.